The third-order valence-corrected chi connectivity index (χ3v) is 3.66. The molecule has 0 saturated heterocycles. The number of nitrogens with one attached hydrogen (secondary N) is 1. The summed E-state index contributed by atoms with van der Waals surface area (Å²) < 4.78 is 0. The summed E-state index contributed by atoms with van der Waals surface area (Å²) in [6, 6.07) is 6.51. The molecule has 2 heterocycles. The van der Waals surface area contributed by atoms with E-state index in [9.17, 15) is 10.1 Å². The number of thiazole rings is 1. The highest BCUT2D eigenvalue weighted by molar-refractivity contribution is 7.13. The Bertz CT molecular complexity index is 780. The molecule has 0 aliphatic heterocycles. The minimum atomic E-state index is -0.416. The van der Waals surface area contributed by atoms with Crippen LogP contribution >= 0.6 is 11.3 Å². The Hall–Kier alpha value is -2.74. The minimum absolute atomic E-state index is 0.0320. The van der Waals surface area contributed by atoms with Crippen LogP contribution in [-0.2, 0) is 0 Å². The van der Waals surface area contributed by atoms with E-state index in [-0.39, 0.29) is 5.69 Å². The molecule has 8 heteroatoms. The van der Waals surface area contributed by atoms with E-state index in [0.29, 0.717) is 27.6 Å². The molecule has 3 aromatic rings. The number of aromatic amines is 1. The van der Waals surface area contributed by atoms with Gasteiger partial charge in [-0.05, 0) is 6.07 Å². The number of nitro groups is 1. The molecule has 0 atom stereocenters. The average Bonchev–Trinajstić information content (AvgIpc) is 3.07. The van der Waals surface area contributed by atoms with Crippen molar-refractivity contribution in [2.45, 2.75) is 0 Å². The van der Waals surface area contributed by atoms with E-state index in [2.05, 4.69) is 15.2 Å². The fraction of sp³-hybridized carbons (Fsp3) is 0. The van der Waals surface area contributed by atoms with E-state index in [1.807, 2.05) is 0 Å². The Labute approximate surface area is 117 Å². The Kier molecular flexibility index (Phi) is 2.92. The van der Waals surface area contributed by atoms with Crippen LogP contribution in [-0.4, -0.2) is 20.1 Å². The molecule has 20 heavy (non-hydrogen) atoms. The zero-order chi connectivity index (χ0) is 14.1. The molecule has 0 fully saturated rings. The number of nitrogens with two attached hydrogens (primary N) is 1. The number of nitro benzene ring substituents is 1. The van der Waals surface area contributed by atoms with Crippen molar-refractivity contribution in [3.05, 3.63) is 46.0 Å². The van der Waals surface area contributed by atoms with Gasteiger partial charge in [-0.3, -0.25) is 15.2 Å². The van der Waals surface area contributed by atoms with Crippen LogP contribution in [0.4, 0.5) is 11.5 Å². The summed E-state index contributed by atoms with van der Waals surface area (Å²) in [5.74, 6) is 0.425. The van der Waals surface area contributed by atoms with Crippen LogP contribution in [0.2, 0.25) is 0 Å². The van der Waals surface area contributed by atoms with Gasteiger partial charge in [-0.2, -0.15) is 5.10 Å². The molecular weight excluding hydrogens is 278 g/mol. The summed E-state index contributed by atoms with van der Waals surface area (Å²) in [4.78, 5) is 15.0. The number of benzene rings is 1. The van der Waals surface area contributed by atoms with Gasteiger partial charge in [0.2, 0.25) is 0 Å². The van der Waals surface area contributed by atoms with Crippen molar-refractivity contribution in [3.63, 3.8) is 0 Å². The van der Waals surface area contributed by atoms with Gasteiger partial charge in [0, 0.05) is 11.4 Å². The molecule has 0 bridgehead atoms. The first kappa shape index (κ1) is 12.3. The Morgan fingerprint density at radius 1 is 1.30 bits per heavy atom. The standard InChI is InChI=1S/C12H9N5O2S/c13-11-8(5-14-16-11)12-15-9(6-20-12)7-3-1-2-4-10(7)17(18)19/h1-6H,(H3,13,14,16). The van der Waals surface area contributed by atoms with Crippen molar-refractivity contribution in [1.29, 1.82) is 0 Å². The van der Waals surface area contributed by atoms with Gasteiger partial charge in [0.15, 0.2) is 0 Å². The van der Waals surface area contributed by atoms with Crippen molar-refractivity contribution < 1.29 is 4.92 Å². The summed E-state index contributed by atoms with van der Waals surface area (Å²) in [7, 11) is 0. The first-order valence-electron chi connectivity index (χ1n) is 5.65. The van der Waals surface area contributed by atoms with Gasteiger partial charge in [0.05, 0.1) is 27.9 Å². The van der Waals surface area contributed by atoms with Gasteiger partial charge >= 0.3 is 0 Å². The zero-order valence-corrected chi connectivity index (χ0v) is 10.9. The average molecular weight is 287 g/mol. The van der Waals surface area contributed by atoms with Crippen molar-refractivity contribution >= 4 is 22.8 Å². The summed E-state index contributed by atoms with van der Waals surface area (Å²) in [6.07, 6.45) is 1.58. The number of aromatic nitrogens is 3. The second kappa shape index (κ2) is 4.74. The van der Waals surface area contributed by atoms with Crippen LogP contribution in [0.25, 0.3) is 21.8 Å². The number of hydrogen-bond donors (Lipinski definition) is 2. The molecular formula is C12H9N5O2S. The lowest BCUT2D eigenvalue weighted by Gasteiger charge is -1.98. The van der Waals surface area contributed by atoms with Crippen LogP contribution in [0.5, 0.6) is 0 Å². The minimum Gasteiger partial charge on any atom is -0.383 e. The van der Waals surface area contributed by atoms with Crippen LogP contribution < -0.4 is 5.73 Å². The molecule has 0 amide bonds. The SMILES string of the molecule is Nc1[nH]ncc1-c1nc(-c2ccccc2[N+](=O)[O-])cs1. The molecule has 0 aliphatic carbocycles. The number of nitrogens with zero attached hydrogens (tertiary/aromatic N) is 3. The van der Waals surface area contributed by atoms with Gasteiger partial charge in [-0.15, -0.1) is 11.3 Å². The smallest absolute Gasteiger partial charge is 0.278 e. The molecule has 0 spiro atoms. The number of hydrogen-bond acceptors (Lipinski definition) is 6. The molecule has 2 aromatic heterocycles. The fourth-order valence-corrected chi connectivity index (χ4v) is 2.68. The predicted octanol–water partition coefficient (Wildman–Crippen LogP) is 2.69. The lowest BCUT2D eigenvalue weighted by Crippen LogP contribution is -1.91. The van der Waals surface area contributed by atoms with Crippen LogP contribution in [0, 0.1) is 10.1 Å². The van der Waals surface area contributed by atoms with Crippen molar-refractivity contribution in [3.8, 4) is 21.8 Å². The van der Waals surface area contributed by atoms with Crippen molar-refractivity contribution in [2.75, 3.05) is 5.73 Å². The van der Waals surface area contributed by atoms with E-state index < -0.39 is 4.92 Å². The maximum absolute atomic E-state index is 11.0. The third kappa shape index (κ3) is 2.01. The number of H-pyrrole nitrogens is 1. The van der Waals surface area contributed by atoms with Crippen LogP contribution in [0.15, 0.2) is 35.8 Å². The first-order chi connectivity index (χ1) is 9.66. The third-order valence-electron chi connectivity index (χ3n) is 2.78. The van der Waals surface area contributed by atoms with E-state index in [4.69, 9.17) is 5.73 Å². The van der Waals surface area contributed by atoms with Crippen LogP contribution in [0.3, 0.4) is 0 Å². The highest BCUT2D eigenvalue weighted by Crippen LogP contribution is 2.34. The Morgan fingerprint density at radius 2 is 2.10 bits per heavy atom. The van der Waals surface area contributed by atoms with Gasteiger partial charge in [-0.1, -0.05) is 12.1 Å². The second-order valence-corrected chi connectivity index (χ2v) is 4.87. The molecule has 100 valence electrons. The Morgan fingerprint density at radius 3 is 2.80 bits per heavy atom. The summed E-state index contributed by atoms with van der Waals surface area (Å²) in [5.41, 5.74) is 7.51. The molecule has 0 unspecified atom stereocenters. The number of rotatable bonds is 3. The molecule has 3 rings (SSSR count). The van der Waals surface area contributed by atoms with E-state index >= 15 is 0 Å². The monoisotopic (exact) mass is 287 g/mol. The van der Waals surface area contributed by atoms with Gasteiger partial charge < -0.3 is 5.73 Å². The van der Waals surface area contributed by atoms with E-state index in [1.165, 1.54) is 17.4 Å². The molecule has 0 saturated carbocycles. The summed E-state index contributed by atoms with van der Waals surface area (Å²) >= 11 is 1.36. The highest BCUT2D eigenvalue weighted by atomic mass is 32.1. The summed E-state index contributed by atoms with van der Waals surface area (Å²) in [6.45, 7) is 0. The van der Waals surface area contributed by atoms with Crippen molar-refractivity contribution in [1.82, 2.24) is 15.2 Å². The van der Waals surface area contributed by atoms with Gasteiger partial charge in [-0.25, -0.2) is 4.98 Å². The van der Waals surface area contributed by atoms with E-state index in [0.717, 1.165) is 0 Å². The summed E-state index contributed by atoms with van der Waals surface area (Å²) in [5, 5.41) is 19.9. The van der Waals surface area contributed by atoms with E-state index in [1.54, 1.807) is 29.8 Å². The maximum Gasteiger partial charge on any atom is 0.278 e. The van der Waals surface area contributed by atoms with Crippen LogP contribution in [0.1, 0.15) is 0 Å². The van der Waals surface area contributed by atoms with Gasteiger partial charge in [0.1, 0.15) is 10.8 Å². The topological polar surface area (TPSA) is 111 Å². The van der Waals surface area contributed by atoms with Gasteiger partial charge in [0.25, 0.3) is 5.69 Å². The molecule has 7 nitrogen and oxygen atoms in total. The normalized spacial score (nSPS) is 10.6. The molecule has 3 N–H and O–H groups in total. The second-order valence-electron chi connectivity index (χ2n) is 4.01. The fourth-order valence-electron chi connectivity index (χ4n) is 1.84. The molecule has 0 aliphatic rings. The maximum atomic E-state index is 11.0. The van der Waals surface area contributed by atoms with Crippen molar-refractivity contribution in [2.24, 2.45) is 0 Å². The highest BCUT2D eigenvalue weighted by Gasteiger charge is 2.18. The molecule has 1 aromatic carbocycles. The number of para-hydroxylation sites is 1. The predicted molar refractivity (Wildman–Crippen MR) is 76.2 cm³/mol. The lowest BCUT2D eigenvalue weighted by molar-refractivity contribution is -0.384. The zero-order valence-electron chi connectivity index (χ0n) is 10.1. The molecule has 0 radical (unpaired) electrons. The quantitative estimate of drug-likeness (QED) is 0.568. The Balaban J connectivity index is 2.07. The lowest BCUT2D eigenvalue weighted by atomic mass is 10.1. The first-order valence-corrected chi connectivity index (χ1v) is 6.53. The number of nitrogen functional groups attached to an aromatic ring is 1. The largest absolute Gasteiger partial charge is 0.383 e. The number of anilines is 1.